The Morgan fingerprint density at radius 3 is 2.42 bits per heavy atom. The highest BCUT2D eigenvalue weighted by Crippen LogP contribution is 2.33. The van der Waals surface area contributed by atoms with Gasteiger partial charge >= 0.3 is 5.97 Å². The third kappa shape index (κ3) is 3.70. The van der Waals surface area contributed by atoms with Crippen molar-refractivity contribution in [3.05, 3.63) is 80.2 Å². The highest BCUT2D eigenvalue weighted by atomic mass is 32.1. The van der Waals surface area contributed by atoms with Gasteiger partial charge in [-0.3, -0.25) is 4.79 Å². The molecular weight excluding hydrogens is 370 g/mol. The summed E-state index contributed by atoms with van der Waals surface area (Å²) in [5.74, 6) is -0.784. The lowest BCUT2D eigenvalue weighted by Crippen LogP contribution is -2.41. The van der Waals surface area contributed by atoms with Crippen LogP contribution in [0.5, 0.6) is 0 Å². The van der Waals surface area contributed by atoms with Crippen LogP contribution in [0.15, 0.2) is 58.6 Å². The molecule has 0 saturated heterocycles. The number of thiophene rings is 2. The number of ether oxygens (including phenoxy) is 1. The van der Waals surface area contributed by atoms with Gasteiger partial charge in [-0.2, -0.15) is 11.3 Å². The molecule has 2 aromatic heterocycles. The number of amides is 1. The first-order chi connectivity index (χ1) is 12.5. The molecule has 7 heteroatoms. The number of carbonyl (C=O) groups excluding carboxylic acids is 2. The summed E-state index contributed by atoms with van der Waals surface area (Å²) in [6, 6.07) is 11.7. The summed E-state index contributed by atoms with van der Waals surface area (Å²) in [5, 5.41) is 19.7. The minimum Gasteiger partial charge on any atom is -0.465 e. The Labute approximate surface area is 158 Å². The number of benzene rings is 1. The maximum atomic E-state index is 12.4. The van der Waals surface area contributed by atoms with Crippen molar-refractivity contribution in [2.45, 2.75) is 5.60 Å². The maximum Gasteiger partial charge on any atom is 0.337 e. The third-order valence-corrected chi connectivity index (χ3v) is 5.70. The molecule has 5 nitrogen and oxygen atoms in total. The molecule has 0 aliphatic carbocycles. The van der Waals surface area contributed by atoms with Crippen LogP contribution in [-0.4, -0.2) is 30.6 Å². The molecule has 3 rings (SSSR count). The van der Waals surface area contributed by atoms with Gasteiger partial charge in [0, 0.05) is 16.0 Å². The van der Waals surface area contributed by atoms with E-state index < -0.39 is 11.6 Å². The zero-order valence-electron chi connectivity index (χ0n) is 14.0. The molecule has 134 valence electrons. The standard InChI is InChI=1S/C19H17NO4S2/c1-24-18(22)14-6-4-13(5-7-14)17(21)20-12-19(23,15-8-10-25-11-15)16-3-2-9-26-16/h2-11,23H,12H2,1H3,(H,20,21)/t19-/m1/s1. The van der Waals surface area contributed by atoms with Crippen molar-refractivity contribution in [1.82, 2.24) is 5.32 Å². The molecule has 26 heavy (non-hydrogen) atoms. The van der Waals surface area contributed by atoms with Crippen LogP contribution in [0.3, 0.4) is 0 Å². The summed E-state index contributed by atoms with van der Waals surface area (Å²) < 4.78 is 4.64. The lowest BCUT2D eigenvalue weighted by molar-refractivity contribution is 0.0600. The quantitative estimate of drug-likeness (QED) is 0.637. The number of carbonyl (C=O) groups is 2. The Bertz CT molecular complexity index is 837. The molecule has 0 unspecified atom stereocenters. The molecule has 0 aliphatic rings. The monoisotopic (exact) mass is 387 g/mol. The van der Waals surface area contributed by atoms with Gasteiger partial charge in [-0.15, -0.1) is 11.3 Å². The number of nitrogens with one attached hydrogen (secondary N) is 1. The van der Waals surface area contributed by atoms with Gasteiger partial charge in [0.25, 0.3) is 5.91 Å². The average molecular weight is 387 g/mol. The Kier molecular flexibility index (Phi) is 5.51. The van der Waals surface area contributed by atoms with Crippen molar-refractivity contribution < 1.29 is 19.4 Å². The predicted octanol–water partition coefficient (Wildman–Crippen LogP) is 3.26. The summed E-state index contributed by atoms with van der Waals surface area (Å²) in [6.07, 6.45) is 0. The Morgan fingerprint density at radius 2 is 1.85 bits per heavy atom. The van der Waals surface area contributed by atoms with Gasteiger partial charge in [0.2, 0.25) is 0 Å². The topological polar surface area (TPSA) is 75.6 Å². The molecule has 0 aliphatic heterocycles. The van der Waals surface area contributed by atoms with E-state index in [0.29, 0.717) is 11.1 Å². The van der Waals surface area contributed by atoms with Crippen molar-refractivity contribution in [3.8, 4) is 0 Å². The summed E-state index contributed by atoms with van der Waals surface area (Å²) in [6.45, 7) is 0.0435. The van der Waals surface area contributed by atoms with Crippen LogP contribution >= 0.6 is 22.7 Å². The van der Waals surface area contributed by atoms with Crippen molar-refractivity contribution in [3.63, 3.8) is 0 Å². The molecule has 0 saturated carbocycles. The van der Waals surface area contributed by atoms with E-state index in [1.54, 1.807) is 12.1 Å². The van der Waals surface area contributed by atoms with Crippen LogP contribution in [0.2, 0.25) is 0 Å². The van der Waals surface area contributed by atoms with Crippen LogP contribution in [0.1, 0.15) is 31.2 Å². The first-order valence-corrected chi connectivity index (χ1v) is 9.62. The van der Waals surface area contributed by atoms with E-state index >= 15 is 0 Å². The lowest BCUT2D eigenvalue weighted by atomic mass is 9.94. The third-order valence-electron chi connectivity index (χ3n) is 4.00. The second kappa shape index (κ2) is 7.82. The normalized spacial score (nSPS) is 13.0. The summed E-state index contributed by atoms with van der Waals surface area (Å²) >= 11 is 2.92. The van der Waals surface area contributed by atoms with Crippen LogP contribution < -0.4 is 5.32 Å². The van der Waals surface area contributed by atoms with Crippen LogP contribution in [0, 0.1) is 0 Å². The van der Waals surface area contributed by atoms with Crippen molar-refractivity contribution >= 4 is 34.6 Å². The van der Waals surface area contributed by atoms with Gasteiger partial charge < -0.3 is 15.2 Å². The van der Waals surface area contributed by atoms with Crippen molar-refractivity contribution in [1.29, 1.82) is 0 Å². The minimum atomic E-state index is -1.28. The van der Waals surface area contributed by atoms with Crippen molar-refractivity contribution in [2.75, 3.05) is 13.7 Å². The van der Waals surface area contributed by atoms with Gasteiger partial charge in [0.1, 0.15) is 5.60 Å². The number of esters is 1. The fourth-order valence-electron chi connectivity index (χ4n) is 2.53. The molecular formula is C19H17NO4S2. The average Bonchev–Trinajstić information content (AvgIpc) is 3.39. The zero-order chi connectivity index (χ0) is 18.6. The van der Waals surface area contributed by atoms with Gasteiger partial charge in [0.05, 0.1) is 19.2 Å². The maximum absolute atomic E-state index is 12.4. The van der Waals surface area contributed by atoms with E-state index in [1.165, 1.54) is 41.9 Å². The SMILES string of the molecule is COC(=O)c1ccc(C(=O)NC[C@@](O)(c2ccsc2)c2cccs2)cc1. The number of rotatable bonds is 6. The van der Waals surface area contributed by atoms with E-state index in [2.05, 4.69) is 10.1 Å². The Balaban J connectivity index is 1.75. The molecule has 0 fully saturated rings. The van der Waals surface area contributed by atoms with E-state index in [1.807, 2.05) is 34.3 Å². The van der Waals surface area contributed by atoms with Gasteiger partial charge in [0.15, 0.2) is 0 Å². The lowest BCUT2D eigenvalue weighted by Gasteiger charge is -2.27. The molecule has 1 atom stereocenters. The minimum absolute atomic E-state index is 0.0435. The predicted molar refractivity (Wildman–Crippen MR) is 102 cm³/mol. The van der Waals surface area contributed by atoms with Crippen LogP contribution in [0.25, 0.3) is 0 Å². The van der Waals surface area contributed by atoms with Gasteiger partial charge in [-0.1, -0.05) is 6.07 Å². The summed E-state index contributed by atoms with van der Waals surface area (Å²) in [5.41, 5.74) is 0.232. The molecule has 0 spiro atoms. The summed E-state index contributed by atoms with van der Waals surface area (Å²) in [7, 11) is 1.30. The largest absolute Gasteiger partial charge is 0.465 e. The Morgan fingerprint density at radius 1 is 1.12 bits per heavy atom. The fourth-order valence-corrected chi connectivity index (χ4v) is 4.10. The van der Waals surface area contributed by atoms with E-state index in [0.717, 1.165) is 10.4 Å². The number of hydrogen-bond donors (Lipinski definition) is 2. The van der Waals surface area contributed by atoms with Gasteiger partial charge in [-0.25, -0.2) is 4.79 Å². The molecule has 1 aromatic carbocycles. The molecule has 3 aromatic rings. The molecule has 0 radical (unpaired) electrons. The molecule has 2 N–H and O–H groups in total. The second-order valence-corrected chi connectivity index (χ2v) is 7.33. The first-order valence-electron chi connectivity index (χ1n) is 7.80. The highest BCUT2D eigenvalue weighted by molar-refractivity contribution is 7.10. The number of aliphatic hydroxyl groups is 1. The van der Waals surface area contributed by atoms with Crippen LogP contribution in [-0.2, 0) is 10.3 Å². The molecule has 0 bridgehead atoms. The second-order valence-electron chi connectivity index (χ2n) is 5.60. The first kappa shape index (κ1) is 18.3. The fraction of sp³-hybridized carbons (Fsp3) is 0.158. The van der Waals surface area contributed by atoms with Gasteiger partial charge in [-0.05, 0) is 52.5 Å². The highest BCUT2D eigenvalue weighted by Gasteiger charge is 2.33. The summed E-state index contributed by atoms with van der Waals surface area (Å²) in [4.78, 5) is 24.7. The zero-order valence-corrected chi connectivity index (χ0v) is 15.6. The van der Waals surface area contributed by atoms with E-state index in [-0.39, 0.29) is 12.5 Å². The van der Waals surface area contributed by atoms with Crippen molar-refractivity contribution in [2.24, 2.45) is 0 Å². The smallest absolute Gasteiger partial charge is 0.337 e. The Hall–Kier alpha value is -2.48. The molecule has 2 heterocycles. The van der Waals surface area contributed by atoms with Crippen LogP contribution in [0.4, 0.5) is 0 Å². The number of methoxy groups -OCH3 is 1. The number of hydrogen-bond acceptors (Lipinski definition) is 6. The van der Waals surface area contributed by atoms with E-state index in [9.17, 15) is 14.7 Å². The van der Waals surface area contributed by atoms with E-state index in [4.69, 9.17) is 0 Å². The molecule has 1 amide bonds.